The van der Waals surface area contributed by atoms with E-state index in [9.17, 15) is 4.79 Å². The first-order valence-electron chi connectivity index (χ1n) is 5.91. The molecule has 1 aliphatic rings. The van der Waals surface area contributed by atoms with Gasteiger partial charge >= 0.3 is 0 Å². The summed E-state index contributed by atoms with van der Waals surface area (Å²) >= 11 is 0. The number of anilines is 1. The van der Waals surface area contributed by atoms with Gasteiger partial charge in [0.05, 0.1) is 12.8 Å². The highest BCUT2D eigenvalue weighted by Crippen LogP contribution is 2.31. The van der Waals surface area contributed by atoms with Crippen molar-refractivity contribution in [2.24, 2.45) is 0 Å². The molecule has 1 amide bonds. The van der Waals surface area contributed by atoms with Crippen LogP contribution in [0.2, 0.25) is 0 Å². The third-order valence-corrected chi connectivity index (χ3v) is 3.10. The average Bonchev–Trinajstić information content (AvgIpc) is 2.94. The van der Waals surface area contributed by atoms with Gasteiger partial charge in [0.25, 0.3) is 0 Å². The smallest absolute Gasteiger partial charge is 0.246 e. The summed E-state index contributed by atoms with van der Waals surface area (Å²) in [6.45, 7) is 2.56. The van der Waals surface area contributed by atoms with Crippen LogP contribution < -0.4 is 10.6 Å². The molecule has 1 aromatic heterocycles. The molecule has 92 valence electrons. The fraction of sp³-hybridized carbons (Fsp3) is 0.214. The van der Waals surface area contributed by atoms with Gasteiger partial charge in [-0.2, -0.15) is 0 Å². The maximum atomic E-state index is 11.9. The number of fused-ring (bicyclic) bond motifs is 1. The molecule has 0 saturated heterocycles. The Bertz CT molecular complexity index is 575. The first kappa shape index (κ1) is 11.0. The summed E-state index contributed by atoms with van der Waals surface area (Å²) in [6, 6.07) is 9.39. The molecule has 1 atom stereocenters. The molecule has 0 bridgehead atoms. The van der Waals surface area contributed by atoms with Gasteiger partial charge < -0.3 is 9.73 Å². The van der Waals surface area contributed by atoms with E-state index in [-0.39, 0.29) is 11.9 Å². The van der Waals surface area contributed by atoms with Gasteiger partial charge in [0.2, 0.25) is 5.91 Å². The Morgan fingerprint density at radius 3 is 3.06 bits per heavy atom. The summed E-state index contributed by atoms with van der Waals surface area (Å²) < 4.78 is 5.25. The van der Waals surface area contributed by atoms with Crippen molar-refractivity contribution in [3.63, 3.8) is 0 Å². The molecule has 1 unspecified atom stereocenters. The molecule has 4 heteroatoms. The summed E-state index contributed by atoms with van der Waals surface area (Å²) in [6.07, 6.45) is 1.63. The second-order valence-electron chi connectivity index (χ2n) is 4.47. The molecular formula is C14H14N2O2. The molecule has 4 nitrogen and oxygen atoms in total. The first-order chi connectivity index (χ1) is 8.74. The number of amides is 1. The van der Waals surface area contributed by atoms with Crippen molar-refractivity contribution >= 4 is 11.6 Å². The maximum absolute atomic E-state index is 11.9. The predicted octanol–water partition coefficient (Wildman–Crippen LogP) is 2.37. The summed E-state index contributed by atoms with van der Waals surface area (Å²) in [4.78, 5) is 11.9. The normalized spacial score (nSPS) is 17.6. The summed E-state index contributed by atoms with van der Waals surface area (Å²) in [5, 5.41) is 6.08. The molecule has 0 spiro atoms. The Hall–Kier alpha value is -2.07. The van der Waals surface area contributed by atoms with Crippen LogP contribution in [0.5, 0.6) is 0 Å². The quantitative estimate of drug-likeness (QED) is 0.868. The van der Waals surface area contributed by atoms with Crippen LogP contribution in [0, 0.1) is 6.92 Å². The third kappa shape index (κ3) is 1.91. The van der Waals surface area contributed by atoms with Gasteiger partial charge in [-0.25, -0.2) is 0 Å². The zero-order valence-corrected chi connectivity index (χ0v) is 10.1. The van der Waals surface area contributed by atoms with Crippen molar-refractivity contribution in [1.82, 2.24) is 5.32 Å². The Kier molecular flexibility index (Phi) is 2.64. The first-order valence-corrected chi connectivity index (χ1v) is 5.91. The second-order valence-corrected chi connectivity index (χ2v) is 4.47. The van der Waals surface area contributed by atoms with Gasteiger partial charge in [0, 0.05) is 11.3 Å². The molecule has 2 aromatic rings. The van der Waals surface area contributed by atoms with E-state index in [2.05, 4.69) is 10.6 Å². The van der Waals surface area contributed by atoms with Gasteiger partial charge in [-0.15, -0.1) is 0 Å². The fourth-order valence-corrected chi connectivity index (χ4v) is 2.20. The number of furan rings is 1. The van der Waals surface area contributed by atoms with E-state index in [0.717, 1.165) is 22.6 Å². The molecule has 0 radical (unpaired) electrons. The summed E-state index contributed by atoms with van der Waals surface area (Å²) in [5.74, 6) is 0.811. The Labute approximate surface area is 105 Å². The lowest BCUT2D eigenvalue weighted by molar-refractivity contribution is -0.117. The molecule has 1 aromatic carbocycles. The second kappa shape index (κ2) is 4.31. The van der Waals surface area contributed by atoms with Crippen LogP contribution in [0.1, 0.15) is 22.9 Å². The molecule has 2 heterocycles. The number of benzene rings is 1. The van der Waals surface area contributed by atoms with Crippen molar-refractivity contribution in [1.29, 1.82) is 0 Å². The van der Waals surface area contributed by atoms with E-state index >= 15 is 0 Å². The van der Waals surface area contributed by atoms with Crippen LogP contribution in [0.3, 0.4) is 0 Å². The van der Waals surface area contributed by atoms with E-state index in [1.54, 1.807) is 6.26 Å². The maximum Gasteiger partial charge on any atom is 0.246 e. The van der Waals surface area contributed by atoms with E-state index in [0.29, 0.717) is 6.54 Å². The van der Waals surface area contributed by atoms with Crippen LogP contribution in [0.25, 0.3) is 0 Å². The monoisotopic (exact) mass is 242 g/mol. The number of nitrogens with one attached hydrogen (secondary N) is 2. The Morgan fingerprint density at radius 2 is 2.28 bits per heavy atom. The summed E-state index contributed by atoms with van der Waals surface area (Å²) in [7, 11) is 0. The van der Waals surface area contributed by atoms with E-state index in [1.165, 1.54) is 0 Å². The van der Waals surface area contributed by atoms with Crippen molar-refractivity contribution in [2.75, 3.05) is 5.32 Å². The van der Waals surface area contributed by atoms with Gasteiger partial charge in [-0.3, -0.25) is 10.1 Å². The van der Waals surface area contributed by atoms with E-state index < -0.39 is 0 Å². The molecule has 18 heavy (non-hydrogen) atoms. The largest absolute Gasteiger partial charge is 0.468 e. The third-order valence-electron chi connectivity index (χ3n) is 3.10. The number of carbonyl (C=O) groups is 1. The zero-order valence-electron chi connectivity index (χ0n) is 10.1. The molecular weight excluding hydrogens is 228 g/mol. The van der Waals surface area contributed by atoms with E-state index in [1.807, 2.05) is 37.3 Å². The SMILES string of the molecule is Cc1ccc2c(c1)C(NCc1ccco1)C(=O)N2. The lowest BCUT2D eigenvalue weighted by Gasteiger charge is -2.10. The number of aryl methyl sites for hydroxylation is 1. The predicted molar refractivity (Wildman–Crippen MR) is 68.1 cm³/mol. The standard InChI is InChI=1S/C14H14N2O2/c1-9-4-5-12-11(7-9)13(14(17)16-12)15-8-10-3-2-6-18-10/h2-7,13,15H,8H2,1H3,(H,16,17). The molecule has 0 fully saturated rings. The lowest BCUT2D eigenvalue weighted by Crippen LogP contribution is -2.26. The highest BCUT2D eigenvalue weighted by molar-refractivity contribution is 6.02. The van der Waals surface area contributed by atoms with Crippen LogP contribution in [0.15, 0.2) is 41.0 Å². The Morgan fingerprint density at radius 1 is 1.39 bits per heavy atom. The molecule has 0 saturated carbocycles. The number of hydrogen-bond donors (Lipinski definition) is 2. The molecule has 1 aliphatic heterocycles. The average molecular weight is 242 g/mol. The molecule has 0 aliphatic carbocycles. The van der Waals surface area contributed by atoms with Crippen LogP contribution >= 0.6 is 0 Å². The highest BCUT2D eigenvalue weighted by atomic mass is 16.3. The molecule has 2 N–H and O–H groups in total. The minimum atomic E-state index is -0.301. The van der Waals surface area contributed by atoms with Crippen molar-refractivity contribution in [2.45, 2.75) is 19.5 Å². The van der Waals surface area contributed by atoms with Crippen molar-refractivity contribution < 1.29 is 9.21 Å². The topological polar surface area (TPSA) is 54.3 Å². The van der Waals surface area contributed by atoms with Gasteiger partial charge in [0.1, 0.15) is 11.8 Å². The minimum absolute atomic E-state index is 0.0119. The zero-order chi connectivity index (χ0) is 12.5. The van der Waals surface area contributed by atoms with Gasteiger partial charge in [-0.1, -0.05) is 17.7 Å². The Balaban J connectivity index is 1.80. The van der Waals surface area contributed by atoms with Crippen LogP contribution in [-0.4, -0.2) is 5.91 Å². The van der Waals surface area contributed by atoms with Gasteiger partial charge in [0.15, 0.2) is 0 Å². The van der Waals surface area contributed by atoms with Crippen LogP contribution in [-0.2, 0) is 11.3 Å². The van der Waals surface area contributed by atoms with Gasteiger partial charge in [-0.05, 0) is 25.1 Å². The van der Waals surface area contributed by atoms with Crippen LogP contribution in [0.4, 0.5) is 5.69 Å². The minimum Gasteiger partial charge on any atom is -0.468 e. The summed E-state index contributed by atoms with van der Waals surface area (Å²) in [5.41, 5.74) is 3.05. The lowest BCUT2D eigenvalue weighted by atomic mass is 10.1. The van der Waals surface area contributed by atoms with E-state index in [4.69, 9.17) is 4.42 Å². The van der Waals surface area contributed by atoms with Crippen molar-refractivity contribution in [3.05, 3.63) is 53.5 Å². The highest BCUT2D eigenvalue weighted by Gasteiger charge is 2.30. The fourth-order valence-electron chi connectivity index (χ4n) is 2.20. The molecule has 3 rings (SSSR count). The number of carbonyl (C=O) groups excluding carboxylic acids is 1. The van der Waals surface area contributed by atoms with Crippen molar-refractivity contribution in [3.8, 4) is 0 Å². The number of rotatable bonds is 3. The number of hydrogen-bond acceptors (Lipinski definition) is 3.